The maximum absolute atomic E-state index is 12.2. The van der Waals surface area contributed by atoms with Gasteiger partial charge in [-0.25, -0.2) is 13.1 Å². The third-order valence-corrected chi connectivity index (χ3v) is 5.59. The summed E-state index contributed by atoms with van der Waals surface area (Å²) in [6.45, 7) is 4.17. The van der Waals surface area contributed by atoms with Crippen LogP contribution in [-0.4, -0.2) is 20.3 Å². The minimum atomic E-state index is -3.79. The van der Waals surface area contributed by atoms with E-state index in [4.69, 9.17) is 34.8 Å². The van der Waals surface area contributed by atoms with Crippen molar-refractivity contribution in [2.24, 2.45) is 5.92 Å². The maximum atomic E-state index is 12.2. The van der Waals surface area contributed by atoms with Crippen LogP contribution in [0.2, 0.25) is 10.0 Å². The predicted octanol–water partition coefficient (Wildman–Crippen LogP) is 4.69. The Hall–Kier alpha value is 0.480. The van der Waals surface area contributed by atoms with E-state index in [2.05, 4.69) is 20.7 Å². The molecular formula is C12H15BrCl3NO2S. The first kappa shape index (κ1) is 18.5. The van der Waals surface area contributed by atoms with E-state index in [1.807, 2.05) is 13.8 Å². The van der Waals surface area contributed by atoms with Gasteiger partial charge in [-0.3, -0.25) is 0 Å². The molecular weight excluding hydrogens is 408 g/mol. The van der Waals surface area contributed by atoms with Crippen LogP contribution in [0.3, 0.4) is 0 Å². The molecule has 0 saturated carbocycles. The molecule has 0 spiro atoms. The van der Waals surface area contributed by atoms with Crippen LogP contribution >= 0.6 is 50.7 Å². The molecule has 0 aliphatic carbocycles. The molecule has 1 N–H and O–H groups in total. The van der Waals surface area contributed by atoms with Crippen molar-refractivity contribution in [3.05, 3.63) is 26.7 Å². The van der Waals surface area contributed by atoms with Crippen molar-refractivity contribution < 1.29 is 8.42 Å². The second-order valence-corrected chi connectivity index (χ2v) is 8.83. The highest BCUT2D eigenvalue weighted by Gasteiger charge is 2.23. The molecule has 3 nitrogen and oxygen atoms in total. The number of alkyl halides is 1. The van der Waals surface area contributed by atoms with Crippen molar-refractivity contribution in [1.82, 2.24) is 4.72 Å². The first-order chi connectivity index (χ1) is 9.13. The van der Waals surface area contributed by atoms with E-state index >= 15 is 0 Å². The molecule has 1 aromatic carbocycles. The van der Waals surface area contributed by atoms with Gasteiger partial charge in [-0.05, 0) is 24.5 Å². The van der Waals surface area contributed by atoms with Gasteiger partial charge in [0.1, 0.15) is 4.90 Å². The predicted molar refractivity (Wildman–Crippen MR) is 88.4 cm³/mol. The number of hydrogen-bond donors (Lipinski definition) is 1. The number of rotatable bonds is 6. The molecule has 1 unspecified atom stereocenters. The van der Waals surface area contributed by atoms with E-state index in [9.17, 15) is 8.42 Å². The molecule has 8 heteroatoms. The Morgan fingerprint density at radius 1 is 1.25 bits per heavy atom. The quantitative estimate of drug-likeness (QED) is 0.675. The van der Waals surface area contributed by atoms with E-state index in [1.165, 1.54) is 12.1 Å². The zero-order valence-corrected chi connectivity index (χ0v) is 15.6. The summed E-state index contributed by atoms with van der Waals surface area (Å²) in [5.74, 6) is 0.391. The van der Waals surface area contributed by atoms with Gasteiger partial charge in [0.15, 0.2) is 0 Å². The Labute approximate surface area is 143 Å². The Morgan fingerprint density at radius 3 is 2.20 bits per heavy atom. The van der Waals surface area contributed by atoms with Gasteiger partial charge in [-0.15, -0.1) is 11.6 Å². The second kappa shape index (κ2) is 7.65. The van der Waals surface area contributed by atoms with Crippen LogP contribution in [0.25, 0.3) is 0 Å². The third kappa shape index (κ3) is 5.35. The van der Waals surface area contributed by atoms with Gasteiger partial charge in [0, 0.05) is 16.4 Å². The van der Waals surface area contributed by atoms with Gasteiger partial charge >= 0.3 is 0 Å². The van der Waals surface area contributed by atoms with Gasteiger partial charge in [-0.1, -0.05) is 53.0 Å². The molecule has 1 aromatic rings. The molecule has 0 aromatic heterocycles. The first-order valence-electron chi connectivity index (χ1n) is 5.91. The summed E-state index contributed by atoms with van der Waals surface area (Å²) in [6.07, 6.45) is 0.714. The van der Waals surface area contributed by atoms with E-state index in [0.717, 1.165) is 0 Å². The van der Waals surface area contributed by atoms with Gasteiger partial charge in [0.25, 0.3) is 0 Å². The number of halogens is 4. The molecule has 0 saturated heterocycles. The van der Waals surface area contributed by atoms with E-state index < -0.39 is 10.0 Å². The van der Waals surface area contributed by atoms with Crippen LogP contribution < -0.4 is 4.72 Å². The molecule has 0 heterocycles. The van der Waals surface area contributed by atoms with Crippen molar-refractivity contribution in [3.8, 4) is 0 Å². The van der Waals surface area contributed by atoms with E-state index in [0.29, 0.717) is 16.8 Å². The van der Waals surface area contributed by atoms with Crippen molar-refractivity contribution in [2.75, 3.05) is 6.54 Å². The smallest absolute Gasteiger partial charge is 0.210 e. The molecule has 0 aliphatic heterocycles. The largest absolute Gasteiger partial charge is 0.243 e. The molecule has 1 rings (SSSR count). The van der Waals surface area contributed by atoms with Gasteiger partial charge in [0.2, 0.25) is 10.0 Å². The lowest BCUT2D eigenvalue weighted by molar-refractivity contribution is 0.544. The van der Waals surface area contributed by atoms with Crippen molar-refractivity contribution in [2.45, 2.75) is 30.5 Å². The number of hydrogen-bond acceptors (Lipinski definition) is 2. The lowest BCUT2D eigenvalue weighted by atomic mass is 10.1. The van der Waals surface area contributed by atoms with Gasteiger partial charge in [0.05, 0.1) is 10.0 Å². The SMILES string of the molecule is CC(C)CC(Cl)CNS(=O)(=O)c1c(Cl)cc(Br)cc1Cl. The zero-order valence-electron chi connectivity index (χ0n) is 11.0. The number of benzene rings is 1. The highest BCUT2D eigenvalue weighted by Crippen LogP contribution is 2.32. The lowest BCUT2D eigenvalue weighted by Gasteiger charge is -2.14. The molecule has 114 valence electrons. The molecule has 0 aliphatic rings. The summed E-state index contributed by atoms with van der Waals surface area (Å²) in [5.41, 5.74) is 0. The minimum Gasteiger partial charge on any atom is -0.210 e. The van der Waals surface area contributed by atoms with Gasteiger partial charge < -0.3 is 0 Å². The monoisotopic (exact) mass is 421 g/mol. The van der Waals surface area contributed by atoms with Crippen LogP contribution in [-0.2, 0) is 10.0 Å². The van der Waals surface area contributed by atoms with Crippen LogP contribution in [0, 0.1) is 5.92 Å². The van der Waals surface area contributed by atoms with Crippen LogP contribution in [0.4, 0.5) is 0 Å². The molecule has 0 radical (unpaired) electrons. The van der Waals surface area contributed by atoms with Crippen LogP contribution in [0.15, 0.2) is 21.5 Å². The highest BCUT2D eigenvalue weighted by atomic mass is 79.9. The topological polar surface area (TPSA) is 46.2 Å². The van der Waals surface area contributed by atoms with Crippen LogP contribution in [0.5, 0.6) is 0 Å². The fourth-order valence-electron chi connectivity index (χ4n) is 1.65. The minimum absolute atomic E-state index is 0.0619. The summed E-state index contributed by atoms with van der Waals surface area (Å²) in [5, 5.41) is -0.156. The summed E-state index contributed by atoms with van der Waals surface area (Å²) in [4.78, 5) is -0.127. The Kier molecular flexibility index (Phi) is 7.09. The third-order valence-electron chi connectivity index (χ3n) is 2.45. The Bertz CT molecular complexity index is 555. The van der Waals surface area contributed by atoms with Crippen molar-refractivity contribution >= 4 is 60.8 Å². The number of sulfonamides is 1. The Morgan fingerprint density at radius 2 is 1.75 bits per heavy atom. The van der Waals surface area contributed by atoms with Crippen molar-refractivity contribution in [1.29, 1.82) is 0 Å². The molecule has 0 fully saturated rings. The summed E-state index contributed by atoms with van der Waals surface area (Å²) < 4.78 is 27.5. The molecule has 20 heavy (non-hydrogen) atoms. The first-order valence-corrected chi connectivity index (χ1v) is 9.38. The van der Waals surface area contributed by atoms with Crippen LogP contribution in [0.1, 0.15) is 20.3 Å². The highest BCUT2D eigenvalue weighted by molar-refractivity contribution is 9.10. The van der Waals surface area contributed by atoms with E-state index in [-0.39, 0.29) is 26.9 Å². The van der Waals surface area contributed by atoms with Gasteiger partial charge in [-0.2, -0.15) is 0 Å². The standard InChI is InChI=1S/C12H15BrCl3NO2S/c1-7(2)3-9(14)6-17-20(18,19)12-10(15)4-8(13)5-11(12)16/h4-5,7,9,17H,3,6H2,1-2H3. The van der Waals surface area contributed by atoms with E-state index in [1.54, 1.807) is 0 Å². The summed E-state index contributed by atoms with van der Waals surface area (Å²) in [6, 6.07) is 2.96. The summed E-state index contributed by atoms with van der Waals surface area (Å²) in [7, 11) is -3.79. The normalized spacial score (nSPS) is 13.8. The average molecular weight is 424 g/mol. The average Bonchev–Trinajstić information content (AvgIpc) is 2.23. The fourth-order valence-corrected chi connectivity index (χ4v) is 5.19. The lowest BCUT2D eigenvalue weighted by Crippen LogP contribution is -2.30. The fraction of sp³-hybridized carbons (Fsp3) is 0.500. The Balaban J connectivity index is 2.90. The second-order valence-electron chi connectivity index (χ2n) is 4.78. The summed E-state index contributed by atoms with van der Waals surface area (Å²) >= 11 is 21.2. The zero-order chi connectivity index (χ0) is 15.5. The molecule has 0 amide bonds. The molecule has 0 bridgehead atoms. The maximum Gasteiger partial charge on any atom is 0.243 e. The molecule has 1 atom stereocenters. The number of nitrogens with one attached hydrogen (secondary N) is 1. The van der Waals surface area contributed by atoms with Crippen molar-refractivity contribution in [3.63, 3.8) is 0 Å².